The zero-order chi connectivity index (χ0) is 17.7. The number of hydrogen-bond donors (Lipinski definition) is 2. The topological polar surface area (TPSA) is 84.7 Å². The highest BCUT2D eigenvalue weighted by Crippen LogP contribution is 2.33. The molecule has 1 aromatic carbocycles. The number of methoxy groups -OCH3 is 1. The van der Waals surface area contributed by atoms with Crippen LogP contribution in [0.4, 0.5) is 11.4 Å². The maximum atomic E-state index is 12.4. The molecule has 0 aromatic heterocycles. The van der Waals surface area contributed by atoms with Crippen molar-refractivity contribution in [3.05, 3.63) is 18.2 Å². The Bertz CT molecular complexity index is 614. The van der Waals surface area contributed by atoms with E-state index in [2.05, 4.69) is 5.32 Å². The van der Waals surface area contributed by atoms with Gasteiger partial charge in [-0.2, -0.15) is 0 Å². The molecule has 2 rings (SSSR count). The highest BCUT2D eigenvalue weighted by molar-refractivity contribution is 6.00. The molecule has 0 spiro atoms. The predicted octanol–water partition coefficient (Wildman–Crippen LogP) is 2.67. The number of amides is 2. The molecule has 2 amide bonds. The van der Waals surface area contributed by atoms with Crippen LogP contribution in [-0.4, -0.2) is 31.0 Å². The Morgan fingerprint density at radius 1 is 1.42 bits per heavy atom. The summed E-state index contributed by atoms with van der Waals surface area (Å²) in [5.41, 5.74) is 6.46. The molecule has 132 valence electrons. The lowest BCUT2D eigenvalue weighted by atomic mass is 9.96. The molecule has 1 fully saturated rings. The first-order chi connectivity index (χ1) is 11.4. The van der Waals surface area contributed by atoms with Crippen LogP contribution in [0.25, 0.3) is 0 Å². The lowest BCUT2D eigenvalue weighted by molar-refractivity contribution is -0.121. The van der Waals surface area contributed by atoms with E-state index in [1.165, 1.54) is 0 Å². The molecule has 0 radical (unpaired) electrons. The van der Waals surface area contributed by atoms with E-state index in [9.17, 15) is 9.59 Å². The molecule has 1 aliphatic rings. The third-order valence-electron chi connectivity index (χ3n) is 4.34. The van der Waals surface area contributed by atoms with Crippen LogP contribution in [-0.2, 0) is 9.59 Å². The maximum absolute atomic E-state index is 12.4. The van der Waals surface area contributed by atoms with E-state index in [1.54, 1.807) is 37.1 Å². The molecule has 0 aliphatic carbocycles. The normalized spacial score (nSPS) is 17.3. The molecule has 3 N–H and O–H groups in total. The van der Waals surface area contributed by atoms with Gasteiger partial charge >= 0.3 is 0 Å². The van der Waals surface area contributed by atoms with Crippen molar-refractivity contribution in [1.82, 2.24) is 0 Å². The van der Waals surface area contributed by atoms with Crippen LogP contribution in [0, 0.1) is 0 Å². The van der Waals surface area contributed by atoms with Gasteiger partial charge in [0.1, 0.15) is 5.75 Å². The van der Waals surface area contributed by atoms with Crippen LogP contribution in [0.1, 0.15) is 46.0 Å². The molecular formula is C18H27N3O3. The summed E-state index contributed by atoms with van der Waals surface area (Å²) in [6.07, 6.45) is 3.85. The Morgan fingerprint density at radius 3 is 2.79 bits per heavy atom. The van der Waals surface area contributed by atoms with E-state index in [4.69, 9.17) is 10.5 Å². The fourth-order valence-electron chi connectivity index (χ4n) is 2.95. The first kappa shape index (κ1) is 18.3. The third-order valence-corrected chi connectivity index (χ3v) is 4.34. The average Bonchev–Trinajstić information content (AvgIpc) is 2.55. The molecule has 1 saturated heterocycles. The summed E-state index contributed by atoms with van der Waals surface area (Å²) in [6.45, 7) is 4.38. The zero-order valence-corrected chi connectivity index (χ0v) is 14.7. The van der Waals surface area contributed by atoms with Gasteiger partial charge in [-0.3, -0.25) is 9.59 Å². The van der Waals surface area contributed by atoms with Gasteiger partial charge in [0.05, 0.1) is 18.3 Å². The molecule has 1 aromatic rings. The van der Waals surface area contributed by atoms with E-state index < -0.39 is 5.54 Å². The molecule has 0 bridgehead atoms. The standard InChI is InChI=1S/C18H27N3O3/c1-4-10-18(2,19)17(23)20-13-8-9-15(24-3)14(12-13)21-11-6-5-7-16(21)22/h8-9,12H,4-7,10-11,19H2,1-3H3,(H,20,23). The Kier molecular flexibility index (Phi) is 5.83. The Hall–Kier alpha value is -2.08. The van der Waals surface area contributed by atoms with Gasteiger partial charge in [-0.15, -0.1) is 0 Å². The second kappa shape index (κ2) is 7.66. The fraction of sp³-hybridized carbons (Fsp3) is 0.556. The summed E-state index contributed by atoms with van der Waals surface area (Å²) in [4.78, 5) is 26.3. The summed E-state index contributed by atoms with van der Waals surface area (Å²) < 4.78 is 5.38. The van der Waals surface area contributed by atoms with Crippen molar-refractivity contribution in [3.63, 3.8) is 0 Å². The van der Waals surface area contributed by atoms with Gasteiger partial charge in [0.15, 0.2) is 0 Å². The van der Waals surface area contributed by atoms with Gasteiger partial charge in [0.2, 0.25) is 11.8 Å². The SMILES string of the molecule is CCCC(C)(N)C(=O)Nc1ccc(OC)c(N2CCCCC2=O)c1. The van der Waals surface area contributed by atoms with Crippen molar-refractivity contribution in [2.45, 2.75) is 51.5 Å². The second-order valence-electron chi connectivity index (χ2n) is 6.51. The second-order valence-corrected chi connectivity index (χ2v) is 6.51. The van der Waals surface area contributed by atoms with E-state index >= 15 is 0 Å². The predicted molar refractivity (Wildman–Crippen MR) is 95.3 cm³/mol. The largest absolute Gasteiger partial charge is 0.495 e. The molecule has 6 nitrogen and oxygen atoms in total. The van der Waals surface area contributed by atoms with E-state index in [1.807, 2.05) is 6.92 Å². The number of nitrogens with two attached hydrogens (primary N) is 1. The lowest BCUT2D eigenvalue weighted by Crippen LogP contribution is -2.48. The third kappa shape index (κ3) is 4.06. The van der Waals surface area contributed by atoms with Crippen LogP contribution in [0.2, 0.25) is 0 Å². The zero-order valence-electron chi connectivity index (χ0n) is 14.7. The summed E-state index contributed by atoms with van der Waals surface area (Å²) >= 11 is 0. The molecule has 24 heavy (non-hydrogen) atoms. The van der Waals surface area contributed by atoms with Crippen molar-refractivity contribution < 1.29 is 14.3 Å². The molecule has 0 saturated carbocycles. The van der Waals surface area contributed by atoms with Crippen molar-refractivity contribution in [2.24, 2.45) is 5.73 Å². The Morgan fingerprint density at radius 2 is 2.17 bits per heavy atom. The Labute approximate surface area is 143 Å². The van der Waals surface area contributed by atoms with Crippen LogP contribution in [0.5, 0.6) is 5.75 Å². The van der Waals surface area contributed by atoms with Crippen molar-refractivity contribution in [3.8, 4) is 5.75 Å². The van der Waals surface area contributed by atoms with Gasteiger partial charge in [0, 0.05) is 18.7 Å². The molecule has 1 atom stereocenters. The van der Waals surface area contributed by atoms with Gasteiger partial charge in [-0.1, -0.05) is 13.3 Å². The molecule has 1 heterocycles. The van der Waals surface area contributed by atoms with Crippen LogP contribution < -0.4 is 20.7 Å². The monoisotopic (exact) mass is 333 g/mol. The maximum Gasteiger partial charge on any atom is 0.244 e. The van der Waals surface area contributed by atoms with Crippen LogP contribution >= 0.6 is 0 Å². The van der Waals surface area contributed by atoms with E-state index in [-0.39, 0.29) is 11.8 Å². The van der Waals surface area contributed by atoms with Crippen molar-refractivity contribution >= 4 is 23.2 Å². The number of ether oxygens (including phenoxy) is 1. The molecule has 6 heteroatoms. The fourth-order valence-corrected chi connectivity index (χ4v) is 2.95. The minimum atomic E-state index is -0.921. The van der Waals surface area contributed by atoms with Crippen LogP contribution in [0.3, 0.4) is 0 Å². The summed E-state index contributed by atoms with van der Waals surface area (Å²) in [7, 11) is 1.57. The minimum Gasteiger partial charge on any atom is -0.495 e. The number of nitrogens with zero attached hydrogens (tertiary/aromatic N) is 1. The van der Waals surface area contributed by atoms with E-state index in [0.717, 1.165) is 19.3 Å². The van der Waals surface area contributed by atoms with Crippen molar-refractivity contribution in [1.29, 1.82) is 0 Å². The number of carbonyl (C=O) groups is 2. The van der Waals surface area contributed by atoms with Gasteiger partial charge in [-0.25, -0.2) is 0 Å². The number of nitrogens with one attached hydrogen (secondary N) is 1. The smallest absolute Gasteiger partial charge is 0.244 e. The van der Waals surface area contributed by atoms with Gasteiger partial charge < -0.3 is 20.7 Å². The summed E-state index contributed by atoms with van der Waals surface area (Å²) in [5, 5.41) is 2.86. The van der Waals surface area contributed by atoms with Crippen molar-refractivity contribution in [2.75, 3.05) is 23.9 Å². The van der Waals surface area contributed by atoms with E-state index in [0.29, 0.717) is 36.5 Å². The molecule has 1 unspecified atom stereocenters. The number of rotatable bonds is 6. The van der Waals surface area contributed by atoms with Crippen LogP contribution in [0.15, 0.2) is 18.2 Å². The van der Waals surface area contributed by atoms with Gasteiger partial charge in [-0.05, 0) is 44.4 Å². The highest BCUT2D eigenvalue weighted by Gasteiger charge is 2.28. The Balaban J connectivity index is 2.25. The number of anilines is 2. The number of hydrogen-bond acceptors (Lipinski definition) is 4. The highest BCUT2D eigenvalue weighted by atomic mass is 16.5. The first-order valence-corrected chi connectivity index (χ1v) is 8.47. The summed E-state index contributed by atoms with van der Waals surface area (Å²) in [6, 6.07) is 5.30. The minimum absolute atomic E-state index is 0.0812. The number of carbonyl (C=O) groups excluding carboxylic acids is 2. The quantitative estimate of drug-likeness (QED) is 0.838. The molecular weight excluding hydrogens is 306 g/mol. The van der Waals surface area contributed by atoms with Gasteiger partial charge in [0.25, 0.3) is 0 Å². The average molecular weight is 333 g/mol. The number of benzene rings is 1. The number of piperidine rings is 1. The lowest BCUT2D eigenvalue weighted by Gasteiger charge is -2.29. The first-order valence-electron chi connectivity index (χ1n) is 8.47. The molecule has 1 aliphatic heterocycles. The summed E-state index contributed by atoms with van der Waals surface area (Å²) in [5.74, 6) is 0.468.